The smallest absolute Gasteiger partial charge is 0.238 e. The van der Waals surface area contributed by atoms with Crippen LogP contribution >= 0.6 is 0 Å². The second kappa shape index (κ2) is 3.30. The lowest BCUT2D eigenvalue weighted by Gasteiger charge is -2.18. The third-order valence-electron chi connectivity index (χ3n) is 1.63. The summed E-state index contributed by atoms with van der Waals surface area (Å²) in [4.78, 5) is 8.20. The van der Waals surface area contributed by atoms with E-state index in [2.05, 4.69) is 9.97 Å². The van der Waals surface area contributed by atoms with Crippen LogP contribution in [0.15, 0.2) is 6.20 Å². The molecule has 0 unspecified atom stereocenters. The fraction of sp³-hybridized carbons (Fsp3) is 0.556. The van der Waals surface area contributed by atoms with Crippen LogP contribution in [0, 0.1) is 6.92 Å². The molecule has 0 atom stereocenters. The van der Waals surface area contributed by atoms with Gasteiger partial charge in [0.25, 0.3) is 0 Å². The summed E-state index contributed by atoms with van der Waals surface area (Å²) in [6.45, 7) is 5.12. The molecule has 1 N–H and O–H groups in total. The van der Waals surface area contributed by atoms with Crippen LogP contribution in [0.25, 0.3) is 0 Å². The molecule has 0 aliphatic heterocycles. The number of nitrogens with zero attached hydrogens (tertiary/aromatic N) is 2. The maximum atomic E-state index is 9.74. The zero-order valence-electron chi connectivity index (χ0n) is 8.33. The molecule has 0 spiro atoms. The van der Waals surface area contributed by atoms with Crippen molar-refractivity contribution in [3.8, 4) is 5.88 Å². The van der Waals surface area contributed by atoms with Crippen molar-refractivity contribution in [2.45, 2.75) is 26.4 Å². The highest BCUT2D eigenvalue weighted by molar-refractivity contribution is 5.24. The summed E-state index contributed by atoms with van der Waals surface area (Å²) in [6.07, 6.45) is 1.61. The van der Waals surface area contributed by atoms with Crippen molar-refractivity contribution >= 4 is 0 Å². The van der Waals surface area contributed by atoms with Gasteiger partial charge in [0, 0.05) is 0 Å². The first-order chi connectivity index (χ1) is 5.95. The Bertz CT molecular complexity index is 305. The van der Waals surface area contributed by atoms with Crippen molar-refractivity contribution in [2.75, 3.05) is 7.11 Å². The van der Waals surface area contributed by atoms with Crippen LogP contribution < -0.4 is 4.74 Å². The molecule has 1 aromatic rings. The van der Waals surface area contributed by atoms with Crippen molar-refractivity contribution < 1.29 is 9.84 Å². The average Bonchev–Trinajstić information content (AvgIpc) is 2.03. The van der Waals surface area contributed by atoms with Gasteiger partial charge in [-0.1, -0.05) is 0 Å². The van der Waals surface area contributed by atoms with E-state index < -0.39 is 5.60 Å². The van der Waals surface area contributed by atoms with Gasteiger partial charge in [0.05, 0.1) is 19.0 Å². The number of aromatic nitrogens is 2. The van der Waals surface area contributed by atoms with Gasteiger partial charge in [0.15, 0.2) is 0 Å². The van der Waals surface area contributed by atoms with E-state index in [1.807, 2.05) is 6.92 Å². The highest BCUT2D eigenvalue weighted by atomic mass is 16.5. The number of aryl methyl sites for hydroxylation is 1. The number of hydrogen-bond acceptors (Lipinski definition) is 4. The molecular formula is C9H14N2O2. The van der Waals surface area contributed by atoms with Crippen molar-refractivity contribution in [1.29, 1.82) is 0 Å². The number of rotatable bonds is 2. The van der Waals surface area contributed by atoms with E-state index in [-0.39, 0.29) is 0 Å². The summed E-state index contributed by atoms with van der Waals surface area (Å²) in [6, 6.07) is 0. The second-order valence-electron chi connectivity index (χ2n) is 3.43. The van der Waals surface area contributed by atoms with Crippen LogP contribution in [0.5, 0.6) is 5.88 Å². The molecular weight excluding hydrogens is 168 g/mol. The summed E-state index contributed by atoms with van der Waals surface area (Å²) in [5.74, 6) is 0.373. The zero-order chi connectivity index (χ0) is 10.1. The Morgan fingerprint density at radius 2 is 2.08 bits per heavy atom. The highest BCUT2D eigenvalue weighted by Crippen LogP contribution is 2.25. The van der Waals surface area contributed by atoms with Gasteiger partial charge >= 0.3 is 0 Å². The fourth-order valence-electron chi connectivity index (χ4n) is 1.01. The van der Waals surface area contributed by atoms with Gasteiger partial charge in [-0.2, -0.15) is 0 Å². The second-order valence-corrected chi connectivity index (χ2v) is 3.43. The third-order valence-corrected chi connectivity index (χ3v) is 1.63. The molecule has 0 aliphatic rings. The van der Waals surface area contributed by atoms with Crippen LogP contribution in [0.1, 0.15) is 25.2 Å². The highest BCUT2D eigenvalue weighted by Gasteiger charge is 2.23. The first-order valence-corrected chi connectivity index (χ1v) is 4.05. The normalized spacial score (nSPS) is 11.5. The molecule has 1 rings (SSSR count). The van der Waals surface area contributed by atoms with E-state index in [4.69, 9.17) is 4.74 Å². The lowest BCUT2D eigenvalue weighted by atomic mass is 10.1. The maximum Gasteiger partial charge on any atom is 0.238 e. The Morgan fingerprint density at radius 1 is 1.46 bits per heavy atom. The molecule has 1 aromatic heterocycles. The first kappa shape index (κ1) is 9.92. The fourth-order valence-corrected chi connectivity index (χ4v) is 1.01. The lowest BCUT2D eigenvalue weighted by Crippen LogP contribution is -2.20. The largest absolute Gasteiger partial charge is 0.480 e. The van der Waals surface area contributed by atoms with Gasteiger partial charge in [0.2, 0.25) is 5.88 Å². The average molecular weight is 182 g/mol. The molecule has 0 bridgehead atoms. The van der Waals surface area contributed by atoms with Crippen molar-refractivity contribution in [2.24, 2.45) is 0 Å². The number of hydrogen-bond donors (Lipinski definition) is 1. The molecule has 0 fully saturated rings. The number of methoxy groups -OCH3 is 1. The van der Waals surface area contributed by atoms with E-state index >= 15 is 0 Å². The summed E-state index contributed by atoms with van der Waals surface area (Å²) < 4.78 is 4.99. The van der Waals surface area contributed by atoms with Gasteiger partial charge < -0.3 is 9.84 Å². The van der Waals surface area contributed by atoms with Crippen LogP contribution in [0.3, 0.4) is 0 Å². The molecule has 4 nitrogen and oxygen atoms in total. The Balaban J connectivity index is 3.24. The van der Waals surface area contributed by atoms with E-state index in [9.17, 15) is 5.11 Å². The SMILES string of the molecule is COc1ncc(C)nc1C(C)(C)O. The molecule has 0 aliphatic carbocycles. The van der Waals surface area contributed by atoms with Crippen molar-refractivity contribution in [1.82, 2.24) is 9.97 Å². The van der Waals surface area contributed by atoms with Gasteiger partial charge in [-0.3, -0.25) is 0 Å². The van der Waals surface area contributed by atoms with E-state index in [0.29, 0.717) is 11.6 Å². The van der Waals surface area contributed by atoms with E-state index in [1.54, 1.807) is 20.0 Å². The molecule has 0 saturated carbocycles. The molecule has 0 amide bonds. The van der Waals surface area contributed by atoms with Gasteiger partial charge in [-0.25, -0.2) is 9.97 Å². The van der Waals surface area contributed by atoms with Crippen LogP contribution in [-0.2, 0) is 5.60 Å². The van der Waals surface area contributed by atoms with Crippen LogP contribution in [0.4, 0.5) is 0 Å². The molecule has 72 valence electrons. The Hall–Kier alpha value is -1.16. The third kappa shape index (κ3) is 2.15. The predicted octanol–water partition coefficient (Wildman–Crippen LogP) is 1.02. The quantitative estimate of drug-likeness (QED) is 0.742. The monoisotopic (exact) mass is 182 g/mol. The Morgan fingerprint density at radius 3 is 2.54 bits per heavy atom. The minimum absolute atomic E-state index is 0.373. The standard InChI is InChI=1S/C9H14N2O2/c1-6-5-10-8(13-4)7(11-6)9(2,3)12/h5,12H,1-4H3. The summed E-state index contributed by atoms with van der Waals surface area (Å²) >= 11 is 0. The summed E-state index contributed by atoms with van der Waals surface area (Å²) in [5, 5.41) is 9.74. The van der Waals surface area contributed by atoms with Gasteiger partial charge in [0.1, 0.15) is 11.3 Å². The van der Waals surface area contributed by atoms with E-state index in [0.717, 1.165) is 5.69 Å². The predicted molar refractivity (Wildman–Crippen MR) is 48.6 cm³/mol. The summed E-state index contributed by atoms with van der Waals surface area (Å²) in [7, 11) is 1.51. The summed E-state index contributed by atoms with van der Waals surface area (Å²) in [5.41, 5.74) is 0.206. The molecule has 0 radical (unpaired) electrons. The van der Waals surface area contributed by atoms with Crippen molar-refractivity contribution in [3.63, 3.8) is 0 Å². The maximum absolute atomic E-state index is 9.74. The number of ether oxygens (including phenoxy) is 1. The molecule has 13 heavy (non-hydrogen) atoms. The van der Waals surface area contributed by atoms with Gasteiger partial charge in [-0.05, 0) is 20.8 Å². The van der Waals surface area contributed by atoms with Crippen LogP contribution in [-0.4, -0.2) is 22.2 Å². The molecule has 4 heteroatoms. The molecule has 0 aromatic carbocycles. The Labute approximate surface area is 77.6 Å². The van der Waals surface area contributed by atoms with E-state index in [1.165, 1.54) is 7.11 Å². The molecule has 0 saturated heterocycles. The minimum atomic E-state index is -1.02. The number of aliphatic hydroxyl groups is 1. The van der Waals surface area contributed by atoms with Gasteiger partial charge in [-0.15, -0.1) is 0 Å². The van der Waals surface area contributed by atoms with Crippen molar-refractivity contribution in [3.05, 3.63) is 17.6 Å². The van der Waals surface area contributed by atoms with Crippen LogP contribution in [0.2, 0.25) is 0 Å². The topological polar surface area (TPSA) is 55.2 Å². The lowest BCUT2D eigenvalue weighted by molar-refractivity contribution is 0.0696. The first-order valence-electron chi connectivity index (χ1n) is 4.05. The zero-order valence-corrected chi connectivity index (χ0v) is 8.33. The Kier molecular flexibility index (Phi) is 2.52. The molecule has 1 heterocycles. The minimum Gasteiger partial charge on any atom is -0.480 e.